The Labute approximate surface area is 120 Å². The molecule has 0 saturated carbocycles. The Bertz CT molecular complexity index is 697. The van der Waals surface area contributed by atoms with Gasteiger partial charge in [-0.15, -0.1) is 0 Å². The molecule has 0 unspecified atom stereocenters. The van der Waals surface area contributed by atoms with Crippen molar-refractivity contribution in [2.24, 2.45) is 0 Å². The molecule has 1 N–H and O–H groups in total. The molecule has 2 aromatic carbocycles. The number of rotatable bonds is 2. The topological polar surface area (TPSA) is 55.8 Å². The van der Waals surface area contributed by atoms with Crippen LogP contribution in [0, 0.1) is 5.82 Å². The van der Waals surface area contributed by atoms with Crippen molar-refractivity contribution in [1.29, 1.82) is 0 Å². The summed E-state index contributed by atoms with van der Waals surface area (Å²) in [6, 6.07) is 8.71. The molecular formula is C16H13FO4. The van der Waals surface area contributed by atoms with Crippen LogP contribution < -0.4 is 9.47 Å². The maximum absolute atomic E-state index is 13.5. The lowest BCUT2D eigenvalue weighted by molar-refractivity contribution is 0.0697. The number of carbonyl (C=O) groups is 1. The Morgan fingerprint density at radius 2 is 1.81 bits per heavy atom. The SMILES string of the molecule is O=C(O)c1ccc(F)cc1-c1ccc2c(c1)OCCCO2. The highest BCUT2D eigenvalue weighted by Gasteiger charge is 2.16. The molecule has 5 heteroatoms. The zero-order valence-corrected chi connectivity index (χ0v) is 11.1. The fourth-order valence-electron chi connectivity index (χ4n) is 2.27. The summed E-state index contributed by atoms with van der Waals surface area (Å²) in [6.45, 7) is 1.11. The molecule has 0 atom stereocenters. The van der Waals surface area contributed by atoms with E-state index >= 15 is 0 Å². The second kappa shape index (κ2) is 5.44. The van der Waals surface area contributed by atoms with E-state index in [0.29, 0.717) is 35.8 Å². The van der Waals surface area contributed by atoms with Crippen LogP contribution in [-0.4, -0.2) is 24.3 Å². The van der Waals surface area contributed by atoms with Gasteiger partial charge in [0.05, 0.1) is 18.8 Å². The van der Waals surface area contributed by atoms with Crippen molar-refractivity contribution in [1.82, 2.24) is 0 Å². The van der Waals surface area contributed by atoms with Gasteiger partial charge in [0.25, 0.3) is 0 Å². The Morgan fingerprint density at radius 3 is 2.57 bits per heavy atom. The molecule has 0 aliphatic carbocycles. The minimum Gasteiger partial charge on any atom is -0.490 e. The monoisotopic (exact) mass is 288 g/mol. The molecule has 3 rings (SSSR count). The average molecular weight is 288 g/mol. The number of ether oxygens (including phenoxy) is 2. The van der Waals surface area contributed by atoms with Crippen molar-refractivity contribution in [3.8, 4) is 22.6 Å². The minimum absolute atomic E-state index is 0.0471. The standard InChI is InChI=1S/C16H13FO4/c17-11-3-4-12(16(18)19)13(9-11)10-2-5-14-15(8-10)21-7-1-6-20-14/h2-5,8-9H,1,6-7H2,(H,18,19). The van der Waals surface area contributed by atoms with Crippen LogP contribution in [0.3, 0.4) is 0 Å². The molecule has 0 fully saturated rings. The number of halogens is 1. The summed E-state index contributed by atoms with van der Waals surface area (Å²) in [5, 5.41) is 9.22. The third-order valence-electron chi connectivity index (χ3n) is 3.27. The van der Waals surface area contributed by atoms with Crippen LogP contribution in [0.1, 0.15) is 16.8 Å². The number of carboxylic acids is 1. The summed E-state index contributed by atoms with van der Waals surface area (Å²) >= 11 is 0. The quantitative estimate of drug-likeness (QED) is 0.920. The van der Waals surface area contributed by atoms with Gasteiger partial charge in [0.1, 0.15) is 5.82 Å². The van der Waals surface area contributed by atoms with E-state index in [1.54, 1.807) is 18.2 Å². The fourth-order valence-corrected chi connectivity index (χ4v) is 2.27. The Hall–Kier alpha value is -2.56. The van der Waals surface area contributed by atoms with Crippen LogP contribution >= 0.6 is 0 Å². The molecule has 0 bridgehead atoms. The highest BCUT2D eigenvalue weighted by molar-refractivity contribution is 5.96. The van der Waals surface area contributed by atoms with Gasteiger partial charge in [-0.3, -0.25) is 0 Å². The van der Waals surface area contributed by atoms with E-state index in [9.17, 15) is 14.3 Å². The highest BCUT2D eigenvalue weighted by atomic mass is 19.1. The van der Waals surface area contributed by atoms with Gasteiger partial charge < -0.3 is 14.6 Å². The summed E-state index contributed by atoms with van der Waals surface area (Å²) in [5.74, 6) is -0.422. The van der Waals surface area contributed by atoms with E-state index in [-0.39, 0.29) is 5.56 Å². The first-order chi connectivity index (χ1) is 10.1. The van der Waals surface area contributed by atoms with E-state index < -0.39 is 11.8 Å². The molecule has 0 radical (unpaired) electrons. The third kappa shape index (κ3) is 2.67. The van der Waals surface area contributed by atoms with Crippen LogP contribution in [0.15, 0.2) is 36.4 Å². The van der Waals surface area contributed by atoms with E-state index in [1.807, 2.05) is 0 Å². The largest absolute Gasteiger partial charge is 0.490 e. The highest BCUT2D eigenvalue weighted by Crippen LogP contribution is 2.35. The summed E-state index contributed by atoms with van der Waals surface area (Å²) in [7, 11) is 0. The number of benzene rings is 2. The first-order valence-corrected chi connectivity index (χ1v) is 6.58. The Morgan fingerprint density at radius 1 is 1.05 bits per heavy atom. The second-order valence-electron chi connectivity index (χ2n) is 4.71. The number of aromatic carboxylic acids is 1. The maximum atomic E-state index is 13.5. The van der Waals surface area contributed by atoms with E-state index in [1.165, 1.54) is 12.1 Å². The zero-order valence-electron chi connectivity index (χ0n) is 11.1. The first kappa shape index (κ1) is 13.4. The zero-order chi connectivity index (χ0) is 14.8. The summed E-state index contributed by atoms with van der Waals surface area (Å²) in [4.78, 5) is 11.3. The molecule has 0 amide bonds. The second-order valence-corrected chi connectivity index (χ2v) is 4.71. The summed E-state index contributed by atoms with van der Waals surface area (Å²) in [6.07, 6.45) is 0.782. The lowest BCUT2D eigenvalue weighted by Crippen LogP contribution is -2.00. The van der Waals surface area contributed by atoms with Crippen molar-refractivity contribution < 1.29 is 23.8 Å². The predicted molar refractivity (Wildman–Crippen MR) is 74.4 cm³/mol. The molecule has 0 spiro atoms. The molecular weight excluding hydrogens is 275 g/mol. The van der Waals surface area contributed by atoms with E-state index in [2.05, 4.69) is 0 Å². The summed E-state index contributed by atoms with van der Waals surface area (Å²) in [5.41, 5.74) is 0.945. The van der Waals surface area contributed by atoms with Gasteiger partial charge in [0.15, 0.2) is 11.5 Å². The van der Waals surface area contributed by atoms with E-state index in [0.717, 1.165) is 12.5 Å². The Kier molecular flexibility index (Phi) is 3.48. The van der Waals surface area contributed by atoms with Crippen molar-refractivity contribution >= 4 is 5.97 Å². The number of hydrogen-bond acceptors (Lipinski definition) is 3. The Balaban J connectivity index is 2.10. The van der Waals surface area contributed by atoms with Crippen LogP contribution in [0.5, 0.6) is 11.5 Å². The first-order valence-electron chi connectivity index (χ1n) is 6.58. The van der Waals surface area contributed by atoms with Crippen molar-refractivity contribution in [3.05, 3.63) is 47.8 Å². The normalized spacial score (nSPS) is 13.6. The van der Waals surface area contributed by atoms with Crippen molar-refractivity contribution in [2.75, 3.05) is 13.2 Å². The smallest absolute Gasteiger partial charge is 0.336 e. The molecule has 1 aliphatic rings. The average Bonchev–Trinajstić information content (AvgIpc) is 2.71. The van der Waals surface area contributed by atoms with Gasteiger partial charge in [0, 0.05) is 6.42 Å². The fraction of sp³-hybridized carbons (Fsp3) is 0.188. The summed E-state index contributed by atoms with van der Waals surface area (Å²) < 4.78 is 24.6. The van der Waals surface area contributed by atoms with Gasteiger partial charge in [-0.25, -0.2) is 9.18 Å². The van der Waals surface area contributed by atoms with E-state index in [4.69, 9.17) is 9.47 Å². The number of carboxylic acid groups (broad SMARTS) is 1. The van der Waals surface area contributed by atoms with Gasteiger partial charge in [-0.05, 0) is 41.5 Å². The predicted octanol–water partition coefficient (Wildman–Crippen LogP) is 3.35. The van der Waals surface area contributed by atoms with Crippen LogP contribution in [0.4, 0.5) is 4.39 Å². The molecule has 4 nitrogen and oxygen atoms in total. The van der Waals surface area contributed by atoms with Gasteiger partial charge in [-0.1, -0.05) is 6.07 Å². The molecule has 108 valence electrons. The third-order valence-corrected chi connectivity index (χ3v) is 3.27. The van der Waals surface area contributed by atoms with Crippen molar-refractivity contribution in [3.63, 3.8) is 0 Å². The van der Waals surface area contributed by atoms with Crippen LogP contribution in [-0.2, 0) is 0 Å². The molecule has 1 heterocycles. The minimum atomic E-state index is -1.10. The number of hydrogen-bond donors (Lipinski definition) is 1. The lowest BCUT2D eigenvalue weighted by Gasteiger charge is -2.11. The lowest BCUT2D eigenvalue weighted by atomic mass is 9.99. The van der Waals surface area contributed by atoms with Crippen molar-refractivity contribution in [2.45, 2.75) is 6.42 Å². The van der Waals surface area contributed by atoms with Gasteiger partial charge >= 0.3 is 5.97 Å². The maximum Gasteiger partial charge on any atom is 0.336 e. The van der Waals surface area contributed by atoms with Gasteiger partial charge in [-0.2, -0.15) is 0 Å². The molecule has 0 saturated heterocycles. The van der Waals surface area contributed by atoms with Gasteiger partial charge in [0.2, 0.25) is 0 Å². The molecule has 2 aromatic rings. The number of fused-ring (bicyclic) bond motifs is 1. The van der Waals surface area contributed by atoms with Crippen LogP contribution in [0.25, 0.3) is 11.1 Å². The molecule has 21 heavy (non-hydrogen) atoms. The molecule has 1 aliphatic heterocycles. The molecule has 0 aromatic heterocycles. The van der Waals surface area contributed by atoms with Crippen LogP contribution in [0.2, 0.25) is 0 Å².